The Hall–Kier alpha value is -1.71. The first-order valence-corrected chi connectivity index (χ1v) is 7.50. The Morgan fingerprint density at radius 2 is 1.95 bits per heavy atom. The molecule has 4 nitrogen and oxygen atoms in total. The average molecular weight is 274 g/mol. The number of fused-ring (bicyclic) bond motifs is 1. The van der Waals surface area contributed by atoms with Crippen molar-refractivity contribution in [3.63, 3.8) is 0 Å². The fraction of sp³-hybridized carbons (Fsp3) is 0.562. The highest BCUT2D eigenvalue weighted by Gasteiger charge is 2.24. The molecule has 1 heterocycles. The predicted octanol–water partition coefficient (Wildman–Crippen LogP) is 3.40. The maximum Gasteiger partial charge on any atom is 0.265 e. The summed E-state index contributed by atoms with van der Waals surface area (Å²) in [5.41, 5.74) is 1.82. The minimum Gasteiger partial charge on any atom is -0.479 e. The molecule has 1 aliphatic carbocycles. The second kappa shape index (κ2) is 5.35. The van der Waals surface area contributed by atoms with Crippen LogP contribution in [0, 0.1) is 5.92 Å². The molecule has 1 atom stereocenters. The minimum absolute atomic E-state index is 0.0823. The summed E-state index contributed by atoms with van der Waals surface area (Å²) in [6.07, 6.45) is 4.61. The monoisotopic (exact) mass is 274 g/mol. The van der Waals surface area contributed by atoms with E-state index in [2.05, 4.69) is 17.6 Å². The Morgan fingerprint density at radius 3 is 2.70 bits per heavy atom. The predicted molar refractivity (Wildman–Crippen MR) is 80.2 cm³/mol. The fourth-order valence-electron chi connectivity index (χ4n) is 2.94. The summed E-state index contributed by atoms with van der Waals surface area (Å²) in [5, 5.41) is 6.46. The van der Waals surface area contributed by atoms with Gasteiger partial charge in [0.2, 0.25) is 0 Å². The average Bonchev–Trinajstić information content (AvgIpc) is 2.43. The van der Waals surface area contributed by atoms with Crippen LogP contribution in [0.1, 0.15) is 39.5 Å². The van der Waals surface area contributed by atoms with Gasteiger partial charge in [-0.25, -0.2) is 0 Å². The molecule has 4 heteroatoms. The van der Waals surface area contributed by atoms with E-state index >= 15 is 0 Å². The number of anilines is 2. The standard InChI is InChI=1S/C16H22N2O2/c1-10-3-5-12(6-4-10)17-13-7-8-15-14(9-13)18-16(19)11(2)20-15/h7-12,17H,3-6H2,1-2H3,(H,18,19). The van der Waals surface area contributed by atoms with E-state index in [0.29, 0.717) is 6.04 Å². The van der Waals surface area contributed by atoms with E-state index in [1.807, 2.05) is 18.2 Å². The lowest BCUT2D eigenvalue weighted by Gasteiger charge is -2.29. The number of nitrogens with one attached hydrogen (secondary N) is 2. The van der Waals surface area contributed by atoms with Crippen molar-refractivity contribution in [2.24, 2.45) is 5.92 Å². The summed E-state index contributed by atoms with van der Waals surface area (Å²) in [6.45, 7) is 4.08. The molecule has 2 aliphatic rings. The van der Waals surface area contributed by atoms with Gasteiger partial charge in [0.25, 0.3) is 5.91 Å². The maximum absolute atomic E-state index is 11.6. The van der Waals surface area contributed by atoms with Crippen LogP contribution in [0.2, 0.25) is 0 Å². The van der Waals surface area contributed by atoms with E-state index in [1.54, 1.807) is 6.92 Å². The quantitative estimate of drug-likeness (QED) is 0.869. The molecule has 108 valence electrons. The number of hydrogen-bond donors (Lipinski definition) is 2. The van der Waals surface area contributed by atoms with Gasteiger partial charge in [0, 0.05) is 11.7 Å². The van der Waals surface area contributed by atoms with Crippen LogP contribution in [0.3, 0.4) is 0 Å². The minimum atomic E-state index is -0.416. The zero-order chi connectivity index (χ0) is 14.1. The largest absolute Gasteiger partial charge is 0.479 e. The Bertz CT molecular complexity index is 507. The van der Waals surface area contributed by atoms with Crippen molar-refractivity contribution in [1.29, 1.82) is 0 Å². The van der Waals surface area contributed by atoms with Gasteiger partial charge in [-0.3, -0.25) is 4.79 Å². The molecule has 0 saturated heterocycles. The third-order valence-electron chi connectivity index (χ3n) is 4.30. The van der Waals surface area contributed by atoms with Crippen LogP contribution < -0.4 is 15.4 Å². The molecular weight excluding hydrogens is 252 g/mol. The SMILES string of the molecule is CC1CCC(Nc2ccc3c(c2)NC(=O)C(C)O3)CC1. The summed E-state index contributed by atoms with van der Waals surface area (Å²) >= 11 is 0. The second-order valence-electron chi connectivity index (χ2n) is 6.06. The second-order valence-corrected chi connectivity index (χ2v) is 6.06. The van der Waals surface area contributed by atoms with Gasteiger partial charge < -0.3 is 15.4 Å². The van der Waals surface area contributed by atoms with Crippen molar-refractivity contribution >= 4 is 17.3 Å². The molecule has 3 rings (SSSR count). The topological polar surface area (TPSA) is 50.4 Å². The highest BCUT2D eigenvalue weighted by atomic mass is 16.5. The first-order chi connectivity index (χ1) is 9.61. The van der Waals surface area contributed by atoms with E-state index in [0.717, 1.165) is 23.0 Å². The van der Waals surface area contributed by atoms with Gasteiger partial charge in [-0.2, -0.15) is 0 Å². The van der Waals surface area contributed by atoms with Crippen molar-refractivity contribution in [3.05, 3.63) is 18.2 Å². The van der Waals surface area contributed by atoms with Crippen LogP contribution in [0.5, 0.6) is 5.75 Å². The van der Waals surface area contributed by atoms with Crippen molar-refractivity contribution in [2.75, 3.05) is 10.6 Å². The van der Waals surface area contributed by atoms with Crippen molar-refractivity contribution in [3.8, 4) is 5.75 Å². The van der Waals surface area contributed by atoms with E-state index in [1.165, 1.54) is 25.7 Å². The number of benzene rings is 1. The molecule has 1 saturated carbocycles. The van der Waals surface area contributed by atoms with Crippen LogP contribution in [0.4, 0.5) is 11.4 Å². The summed E-state index contributed by atoms with van der Waals surface area (Å²) < 4.78 is 5.56. The lowest BCUT2D eigenvalue weighted by molar-refractivity contribution is -0.122. The summed E-state index contributed by atoms with van der Waals surface area (Å²) in [5.74, 6) is 1.52. The number of rotatable bonds is 2. The molecule has 1 fully saturated rings. The van der Waals surface area contributed by atoms with Crippen LogP contribution in [0.25, 0.3) is 0 Å². The molecular formula is C16H22N2O2. The fourth-order valence-corrected chi connectivity index (χ4v) is 2.94. The van der Waals surface area contributed by atoms with E-state index in [4.69, 9.17) is 4.74 Å². The normalized spacial score (nSPS) is 29.1. The molecule has 0 bridgehead atoms. The van der Waals surface area contributed by atoms with Crippen LogP contribution >= 0.6 is 0 Å². The van der Waals surface area contributed by atoms with Gasteiger partial charge in [-0.15, -0.1) is 0 Å². The van der Waals surface area contributed by atoms with Crippen LogP contribution in [-0.2, 0) is 4.79 Å². The van der Waals surface area contributed by atoms with Crippen molar-refractivity contribution < 1.29 is 9.53 Å². The smallest absolute Gasteiger partial charge is 0.265 e. The summed E-state index contributed by atoms with van der Waals surface area (Å²) in [7, 11) is 0. The molecule has 1 unspecified atom stereocenters. The van der Waals surface area contributed by atoms with Gasteiger partial charge in [0.05, 0.1) is 5.69 Å². The van der Waals surface area contributed by atoms with Gasteiger partial charge in [-0.05, 0) is 56.7 Å². The maximum atomic E-state index is 11.6. The van der Waals surface area contributed by atoms with E-state index < -0.39 is 6.10 Å². The Morgan fingerprint density at radius 1 is 1.20 bits per heavy atom. The first kappa shape index (κ1) is 13.3. The summed E-state index contributed by atoms with van der Waals surface area (Å²) in [4.78, 5) is 11.6. The Kier molecular flexibility index (Phi) is 3.55. The number of hydrogen-bond acceptors (Lipinski definition) is 3. The van der Waals surface area contributed by atoms with Gasteiger partial charge in [-0.1, -0.05) is 6.92 Å². The molecule has 20 heavy (non-hydrogen) atoms. The first-order valence-electron chi connectivity index (χ1n) is 7.50. The third-order valence-corrected chi connectivity index (χ3v) is 4.30. The van der Waals surface area contributed by atoms with E-state index in [-0.39, 0.29) is 5.91 Å². The highest BCUT2D eigenvalue weighted by molar-refractivity contribution is 5.98. The van der Waals surface area contributed by atoms with Crippen molar-refractivity contribution in [2.45, 2.75) is 51.7 Å². The lowest BCUT2D eigenvalue weighted by Crippen LogP contribution is -2.34. The van der Waals surface area contributed by atoms with Crippen LogP contribution in [0.15, 0.2) is 18.2 Å². The van der Waals surface area contributed by atoms with Gasteiger partial charge >= 0.3 is 0 Å². The van der Waals surface area contributed by atoms with E-state index in [9.17, 15) is 4.79 Å². The number of carbonyl (C=O) groups excluding carboxylic acids is 1. The third kappa shape index (κ3) is 2.74. The van der Waals surface area contributed by atoms with Gasteiger partial charge in [0.1, 0.15) is 5.75 Å². The number of ether oxygens (including phenoxy) is 1. The lowest BCUT2D eigenvalue weighted by atomic mass is 9.87. The van der Waals surface area contributed by atoms with Crippen molar-refractivity contribution in [1.82, 2.24) is 0 Å². The summed E-state index contributed by atoms with van der Waals surface area (Å²) in [6, 6.07) is 6.47. The van der Waals surface area contributed by atoms with Gasteiger partial charge in [0.15, 0.2) is 6.10 Å². The number of amides is 1. The zero-order valence-corrected chi connectivity index (χ0v) is 12.1. The molecule has 0 spiro atoms. The molecule has 0 radical (unpaired) electrons. The molecule has 0 aromatic heterocycles. The molecule has 1 amide bonds. The highest BCUT2D eigenvalue weighted by Crippen LogP contribution is 2.33. The molecule has 1 aliphatic heterocycles. The molecule has 1 aromatic rings. The zero-order valence-electron chi connectivity index (χ0n) is 12.1. The van der Waals surface area contributed by atoms with Crippen LogP contribution in [-0.4, -0.2) is 18.1 Å². The Balaban J connectivity index is 1.69. The number of carbonyl (C=O) groups is 1. The molecule has 1 aromatic carbocycles. The molecule has 2 N–H and O–H groups in total. The Labute approximate surface area is 119 Å².